The monoisotopic (exact) mass is 625 g/mol. The number of aryl methyl sites for hydroxylation is 1. The third-order valence-corrected chi connectivity index (χ3v) is 9.43. The van der Waals surface area contributed by atoms with Gasteiger partial charge in [0.1, 0.15) is 11.9 Å². The SMILES string of the molecule is CCN(c1ncc(-c2sccc2C)cc1CN1C(=O)OC(c2cc(C(F)(F)F)cc(C(F)(F)F)c2)[C@@H]1C)C1CCCCC1. The van der Waals surface area contributed by atoms with Crippen LogP contribution in [0.15, 0.2) is 41.9 Å². The van der Waals surface area contributed by atoms with Gasteiger partial charge in [0.15, 0.2) is 0 Å². The van der Waals surface area contributed by atoms with Crippen molar-refractivity contribution < 1.29 is 35.9 Å². The molecule has 43 heavy (non-hydrogen) atoms. The van der Waals surface area contributed by atoms with Crippen LogP contribution in [-0.2, 0) is 23.6 Å². The molecule has 0 radical (unpaired) electrons. The van der Waals surface area contributed by atoms with E-state index in [1.54, 1.807) is 18.3 Å². The number of ether oxygens (including phenoxy) is 1. The van der Waals surface area contributed by atoms with E-state index in [4.69, 9.17) is 9.72 Å². The Morgan fingerprint density at radius 3 is 2.23 bits per heavy atom. The van der Waals surface area contributed by atoms with Crippen LogP contribution in [0.5, 0.6) is 0 Å². The third kappa shape index (κ3) is 6.49. The summed E-state index contributed by atoms with van der Waals surface area (Å²) in [7, 11) is 0. The number of carbonyl (C=O) groups is 1. The van der Waals surface area contributed by atoms with Gasteiger partial charge in [-0.2, -0.15) is 26.3 Å². The highest BCUT2D eigenvalue weighted by atomic mass is 32.1. The van der Waals surface area contributed by atoms with Gasteiger partial charge in [-0.3, -0.25) is 4.90 Å². The molecule has 5 nitrogen and oxygen atoms in total. The van der Waals surface area contributed by atoms with E-state index in [1.165, 1.54) is 11.3 Å². The van der Waals surface area contributed by atoms with Crippen molar-refractivity contribution in [1.82, 2.24) is 9.88 Å². The molecule has 5 rings (SSSR count). The van der Waals surface area contributed by atoms with Crippen LogP contribution in [0.3, 0.4) is 0 Å². The van der Waals surface area contributed by atoms with Gasteiger partial charge in [-0.05, 0) is 80.5 Å². The first-order valence-corrected chi connectivity index (χ1v) is 15.2. The van der Waals surface area contributed by atoms with Crippen molar-refractivity contribution in [2.75, 3.05) is 11.4 Å². The maximum Gasteiger partial charge on any atom is 0.416 e. The molecule has 3 heterocycles. The Bertz CT molecular complexity index is 1430. The van der Waals surface area contributed by atoms with Gasteiger partial charge < -0.3 is 9.64 Å². The lowest BCUT2D eigenvalue weighted by atomic mass is 9.93. The molecule has 12 heteroatoms. The number of thiophene rings is 1. The fourth-order valence-corrected chi connectivity index (χ4v) is 7.04. The van der Waals surface area contributed by atoms with Crippen LogP contribution in [0.25, 0.3) is 10.4 Å². The Balaban J connectivity index is 1.52. The van der Waals surface area contributed by atoms with Crippen LogP contribution in [0.2, 0.25) is 0 Å². The number of carbonyl (C=O) groups excluding carboxylic acids is 1. The largest absolute Gasteiger partial charge is 0.439 e. The van der Waals surface area contributed by atoms with Crippen molar-refractivity contribution in [3.63, 3.8) is 0 Å². The number of benzene rings is 1. The van der Waals surface area contributed by atoms with Gasteiger partial charge in [0.2, 0.25) is 0 Å². The maximum atomic E-state index is 13.6. The standard InChI is InChI=1S/C31H33F6N3O2S/c1-4-39(25-8-6-5-7-9-25)28-22(12-21(16-38-28)27-18(2)10-11-43-27)17-40-19(3)26(42-29(40)41)20-13-23(30(32,33)34)15-24(14-20)31(35,36)37/h10-16,19,25-26H,4-9,17H2,1-3H3/t19-,26?/m0/s1. The van der Waals surface area contributed by atoms with E-state index >= 15 is 0 Å². The van der Waals surface area contributed by atoms with Crippen molar-refractivity contribution in [2.45, 2.75) is 90.0 Å². The molecule has 3 aromatic rings. The second-order valence-electron chi connectivity index (χ2n) is 11.2. The topological polar surface area (TPSA) is 45.7 Å². The normalized spacial score (nSPS) is 20.0. The van der Waals surface area contributed by atoms with Crippen LogP contribution >= 0.6 is 11.3 Å². The summed E-state index contributed by atoms with van der Waals surface area (Å²) >= 11 is 1.56. The van der Waals surface area contributed by atoms with Gasteiger partial charge in [0, 0.05) is 34.8 Å². The zero-order chi connectivity index (χ0) is 31.1. The molecule has 1 aromatic carbocycles. The van der Waals surface area contributed by atoms with Crippen LogP contribution < -0.4 is 4.90 Å². The number of anilines is 1. The summed E-state index contributed by atoms with van der Waals surface area (Å²) < 4.78 is 86.8. The van der Waals surface area contributed by atoms with Gasteiger partial charge in [-0.25, -0.2) is 9.78 Å². The fraction of sp³-hybridized carbons (Fsp3) is 0.484. The van der Waals surface area contributed by atoms with E-state index in [-0.39, 0.29) is 24.2 Å². The van der Waals surface area contributed by atoms with E-state index < -0.39 is 41.7 Å². The molecule has 1 unspecified atom stereocenters. The first-order valence-electron chi connectivity index (χ1n) is 14.3. The van der Waals surface area contributed by atoms with Gasteiger partial charge in [0.05, 0.1) is 23.7 Å². The molecule has 1 amide bonds. The molecule has 2 fully saturated rings. The second-order valence-corrected chi connectivity index (χ2v) is 12.1. The second kappa shape index (κ2) is 12.0. The Morgan fingerprint density at radius 2 is 1.67 bits per heavy atom. The smallest absolute Gasteiger partial charge is 0.416 e. The van der Waals surface area contributed by atoms with Gasteiger partial charge in [0.25, 0.3) is 0 Å². The van der Waals surface area contributed by atoms with Gasteiger partial charge in [-0.15, -0.1) is 11.3 Å². The fourth-order valence-electron chi connectivity index (χ4n) is 6.13. The number of aromatic nitrogens is 1. The summed E-state index contributed by atoms with van der Waals surface area (Å²) in [5.41, 5.74) is -0.572. The average molecular weight is 626 g/mol. The number of halogens is 6. The van der Waals surface area contributed by atoms with E-state index in [0.717, 1.165) is 47.3 Å². The van der Waals surface area contributed by atoms with E-state index in [0.29, 0.717) is 24.5 Å². The quantitative estimate of drug-likeness (QED) is 0.246. The zero-order valence-electron chi connectivity index (χ0n) is 24.1. The molecule has 0 bridgehead atoms. The molecule has 2 aliphatic rings. The molecule has 1 aliphatic carbocycles. The molecule has 0 N–H and O–H groups in total. The number of cyclic esters (lactones) is 1. The number of amides is 1. The van der Waals surface area contributed by atoms with E-state index in [2.05, 4.69) is 4.90 Å². The van der Waals surface area contributed by atoms with E-state index in [9.17, 15) is 31.1 Å². The number of pyridine rings is 1. The Labute approximate surface area is 250 Å². The summed E-state index contributed by atoms with van der Waals surface area (Å²) in [6, 6.07) is 4.74. The maximum absolute atomic E-state index is 13.6. The minimum Gasteiger partial charge on any atom is -0.439 e. The number of nitrogens with zero attached hydrogens (tertiary/aromatic N) is 3. The Morgan fingerprint density at radius 1 is 1.02 bits per heavy atom. The molecular formula is C31H33F6N3O2S. The van der Waals surface area contributed by atoms with Crippen molar-refractivity contribution >= 4 is 23.2 Å². The lowest BCUT2D eigenvalue weighted by molar-refractivity contribution is -0.143. The van der Waals surface area contributed by atoms with Crippen LogP contribution in [0, 0.1) is 6.92 Å². The van der Waals surface area contributed by atoms with Crippen molar-refractivity contribution in [2.24, 2.45) is 0 Å². The Kier molecular flexibility index (Phi) is 8.70. The summed E-state index contributed by atoms with van der Waals surface area (Å²) in [6.45, 7) is 6.34. The summed E-state index contributed by atoms with van der Waals surface area (Å²) in [5.74, 6) is 0.717. The lowest BCUT2D eigenvalue weighted by Crippen LogP contribution is -2.39. The predicted molar refractivity (Wildman–Crippen MR) is 153 cm³/mol. The van der Waals surface area contributed by atoms with Crippen molar-refractivity contribution in [3.05, 3.63) is 69.7 Å². The van der Waals surface area contributed by atoms with Crippen LogP contribution in [-0.4, -0.2) is 34.6 Å². The number of alkyl halides is 6. The molecule has 2 aromatic heterocycles. The third-order valence-electron chi connectivity index (χ3n) is 8.37. The Hall–Kier alpha value is -3.28. The predicted octanol–water partition coefficient (Wildman–Crippen LogP) is 9.40. The lowest BCUT2D eigenvalue weighted by Gasteiger charge is -2.36. The van der Waals surface area contributed by atoms with Crippen molar-refractivity contribution in [3.8, 4) is 10.4 Å². The van der Waals surface area contributed by atoms with Crippen molar-refractivity contribution in [1.29, 1.82) is 0 Å². The highest BCUT2D eigenvalue weighted by Gasteiger charge is 2.43. The zero-order valence-corrected chi connectivity index (χ0v) is 24.9. The molecule has 232 valence electrons. The highest BCUT2D eigenvalue weighted by Crippen LogP contribution is 2.42. The van der Waals surface area contributed by atoms with Gasteiger partial charge in [-0.1, -0.05) is 19.3 Å². The molecular weight excluding hydrogens is 592 g/mol. The van der Waals surface area contributed by atoms with E-state index in [1.807, 2.05) is 37.6 Å². The molecule has 0 spiro atoms. The molecule has 1 saturated carbocycles. The highest BCUT2D eigenvalue weighted by molar-refractivity contribution is 7.13. The number of hydrogen-bond acceptors (Lipinski definition) is 5. The van der Waals surface area contributed by atoms with Crippen LogP contribution in [0.1, 0.15) is 79.9 Å². The first-order chi connectivity index (χ1) is 20.3. The summed E-state index contributed by atoms with van der Waals surface area (Å²) in [6.07, 6.45) is -4.91. The number of rotatable bonds is 7. The average Bonchev–Trinajstić information content (AvgIpc) is 3.51. The summed E-state index contributed by atoms with van der Waals surface area (Å²) in [4.78, 5) is 22.7. The summed E-state index contributed by atoms with van der Waals surface area (Å²) in [5, 5.41) is 1.98. The minimum atomic E-state index is -5.01. The number of hydrogen-bond donors (Lipinski definition) is 0. The minimum absolute atomic E-state index is 0.0331. The van der Waals surface area contributed by atoms with Crippen LogP contribution in [0.4, 0.5) is 37.0 Å². The first kappa shape index (κ1) is 31.2. The molecule has 1 saturated heterocycles. The molecule has 1 aliphatic heterocycles. The molecule has 2 atom stereocenters. The van der Waals surface area contributed by atoms with Gasteiger partial charge >= 0.3 is 18.4 Å².